The smallest absolute Gasteiger partial charge is 0.0794 e. The molecule has 1 aliphatic rings. The highest BCUT2D eigenvalue weighted by Crippen LogP contribution is 2.51. The summed E-state index contributed by atoms with van der Waals surface area (Å²) in [6.45, 7) is 5.57. The molecule has 78 valence electrons. The molecule has 0 spiro atoms. The van der Waals surface area contributed by atoms with Gasteiger partial charge in [0.25, 0.3) is 0 Å². The van der Waals surface area contributed by atoms with Crippen molar-refractivity contribution in [1.82, 2.24) is 10.3 Å². The van der Waals surface area contributed by atoms with Gasteiger partial charge in [-0.25, -0.2) is 0 Å². The fourth-order valence-corrected chi connectivity index (χ4v) is 2.87. The molecule has 0 aromatic carbocycles. The average Bonchev–Trinajstić information content (AvgIpc) is 2.75. The maximum Gasteiger partial charge on any atom is 0.0794 e. The number of thiazole rings is 1. The van der Waals surface area contributed by atoms with Crippen LogP contribution in [0, 0.1) is 5.41 Å². The Labute approximate surface area is 89.8 Å². The zero-order valence-corrected chi connectivity index (χ0v) is 9.73. The molecule has 0 amide bonds. The normalized spacial score (nSPS) is 20.7. The van der Waals surface area contributed by atoms with Gasteiger partial charge in [0, 0.05) is 17.1 Å². The van der Waals surface area contributed by atoms with Gasteiger partial charge < -0.3 is 5.32 Å². The van der Waals surface area contributed by atoms with Crippen LogP contribution in [0.2, 0.25) is 0 Å². The van der Waals surface area contributed by atoms with Gasteiger partial charge >= 0.3 is 0 Å². The van der Waals surface area contributed by atoms with Gasteiger partial charge in [-0.2, -0.15) is 0 Å². The summed E-state index contributed by atoms with van der Waals surface area (Å²) >= 11 is 1.79. The van der Waals surface area contributed by atoms with Crippen molar-refractivity contribution in [3.63, 3.8) is 0 Å². The minimum absolute atomic E-state index is 0.544. The Bertz CT molecular complexity index is 277. The Kier molecular flexibility index (Phi) is 2.88. The van der Waals surface area contributed by atoms with Crippen LogP contribution < -0.4 is 5.32 Å². The number of aromatic nitrogens is 1. The monoisotopic (exact) mass is 210 g/mol. The first-order chi connectivity index (χ1) is 6.77. The van der Waals surface area contributed by atoms with Gasteiger partial charge in [-0.05, 0) is 38.1 Å². The van der Waals surface area contributed by atoms with Gasteiger partial charge in [0.2, 0.25) is 0 Å². The number of nitrogens with one attached hydrogen (secondary N) is 1. The van der Waals surface area contributed by atoms with Gasteiger partial charge in [-0.1, -0.05) is 6.92 Å². The predicted molar refractivity (Wildman–Crippen MR) is 60.6 cm³/mol. The molecule has 0 radical (unpaired) electrons. The third kappa shape index (κ3) is 1.98. The number of hydrogen-bond acceptors (Lipinski definition) is 3. The minimum atomic E-state index is 0.544. The van der Waals surface area contributed by atoms with E-state index in [0.29, 0.717) is 11.5 Å². The molecular weight excluding hydrogens is 192 g/mol. The summed E-state index contributed by atoms with van der Waals surface area (Å²) in [5.74, 6) is 0. The van der Waals surface area contributed by atoms with E-state index in [0.717, 1.165) is 6.54 Å². The van der Waals surface area contributed by atoms with Crippen molar-refractivity contribution in [2.24, 2.45) is 5.41 Å². The molecule has 1 saturated carbocycles. The van der Waals surface area contributed by atoms with Gasteiger partial charge in [-0.3, -0.25) is 4.98 Å². The van der Waals surface area contributed by atoms with E-state index in [-0.39, 0.29) is 0 Å². The van der Waals surface area contributed by atoms with Crippen molar-refractivity contribution >= 4 is 11.3 Å². The van der Waals surface area contributed by atoms with Crippen LogP contribution in [0.4, 0.5) is 0 Å². The topological polar surface area (TPSA) is 24.9 Å². The first-order valence-electron chi connectivity index (χ1n) is 5.37. The van der Waals surface area contributed by atoms with Crippen LogP contribution in [-0.2, 0) is 6.42 Å². The first kappa shape index (κ1) is 10.1. The molecule has 0 aliphatic heterocycles. The van der Waals surface area contributed by atoms with Crippen molar-refractivity contribution in [3.05, 3.63) is 16.6 Å². The van der Waals surface area contributed by atoms with E-state index in [9.17, 15) is 0 Å². The summed E-state index contributed by atoms with van der Waals surface area (Å²) in [6, 6.07) is 0.648. The Morgan fingerprint density at radius 3 is 2.93 bits per heavy atom. The molecule has 1 aromatic heterocycles. The highest BCUT2D eigenvalue weighted by atomic mass is 32.1. The summed E-state index contributed by atoms with van der Waals surface area (Å²) in [7, 11) is 0. The lowest BCUT2D eigenvalue weighted by molar-refractivity contribution is 0.357. The summed E-state index contributed by atoms with van der Waals surface area (Å²) in [6.07, 6.45) is 5.98. The maximum atomic E-state index is 4.14. The molecule has 1 aliphatic carbocycles. The van der Waals surface area contributed by atoms with Gasteiger partial charge in [-0.15, -0.1) is 11.3 Å². The van der Waals surface area contributed by atoms with Gasteiger partial charge in [0.05, 0.1) is 5.51 Å². The molecule has 0 saturated heterocycles. The molecular formula is C11H18N2S. The van der Waals surface area contributed by atoms with E-state index in [1.807, 2.05) is 11.7 Å². The van der Waals surface area contributed by atoms with E-state index in [4.69, 9.17) is 0 Å². The Morgan fingerprint density at radius 2 is 2.43 bits per heavy atom. The lowest BCUT2D eigenvalue weighted by Gasteiger charge is -2.23. The van der Waals surface area contributed by atoms with Crippen LogP contribution in [-0.4, -0.2) is 17.6 Å². The zero-order chi connectivity index (χ0) is 10.0. The van der Waals surface area contributed by atoms with E-state index in [1.165, 1.54) is 24.1 Å². The molecule has 1 heterocycles. The first-order valence-corrected chi connectivity index (χ1v) is 6.25. The fourth-order valence-electron chi connectivity index (χ4n) is 2.12. The molecule has 1 atom stereocenters. The Morgan fingerprint density at radius 1 is 1.64 bits per heavy atom. The third-order valence-electron chi connectivity index (χ3n) is 3.33. The third-order valence-corrected chi connectivity index (χ3v) is 4.11. The molecule has 1 fully saturated rings. The molecule has 14 heavy (non-hydrogen) atoms. The van der Waals surface area contributed by atoms with Crippen molar-refractivity contribution in [1.29, 1.82) is 0 Å². The fraction of sp³-hybridized carbons (Fsp3) is 0.727. The second-order valence-electron chi connectivity index (χ2n) is 4.29. The van der Waals surface area contributed by atoms with Crippen LogP contribution in [0.1, 0.15) is 31.6 Å². The molecule has 1 N–H and O–H groups in total. The minimum Gasteiger partial charge on any atom is -0.314 e. The molecule has 2 rings (SSSR count). The molecule has 3 heteroatoms. The van der Waals surface area contributed by atoms with Crippen LogP contribution in [0.25, 0.3) is 0 Å². The zero-order valence-electron chi connectivity index (χ0n) is 8.92. The van der Waals surface area contributed by atoms with Gasteiger partial charge in [0.15, 0.2) is 0 Å². The summed E-state index contributed by atoms with van der Waals surface area (Å²) in [4.78, 5) is 5.57. The van der Waals surface area contributed by atoms with Crippen LogP contribution >= 0.6 is 11.3 Å². The Balaban J connectivity index is 1.96. The molecule has 0 bridgehead atoms. The largest absolute Gasteiger partial charge is 0.314 e. The predicted octanol–water partition coefficient (Wildman–Crippen LogP) is 2.46. The lowest BCUT2D eigenvalue weighted by Crippen LogP contribution is -2.35. The van der Waals surface area contributed by atoms with E-state index < -0.39 is 0 Å². The maximum absolute atomic E-state index is 4.14. The average molecular weight is 210 g/mol. The highest BCUT2D eigenvalue weighted by molar-refractivity contribution is 7.09. The summed E-state index contributed by atoms with van der Waals surface area (Å²) < 4.78 is 0. The summed E-state index contributed by atoms with van der Waals surface area (Å²) in [5.41, 5.74) is 2.48. The van der Waals surface area contributed by atoms with Crippen molar-refractivity contribution in [2.45, 2.75) is 39.2 Å². The number of rotatable bonds is 5. The summed E-state index contributed by atoms with van der Waals surface area (Å²) in [5, 5.41) is 3.54. The van der Waals surface area contributed by atoms with Crippen molar-refractivity contribution in [3.8, 4) is 0 Å². The van der Waals surface area contributed by atoms with Crippen LogP contribution in [0.3, 0.4) is 0 Å². The molecule has 1 aromatic rings. The number of nitrogens with zero attached hydrogens (tertiary/aromatic N) is 1. The van der Waals surface area contributed by atoms with E-state index in [1.54, 1.807) is 11.3 Å². The Hall–Kier alpha value is -0.410. The van der Waals surface area contributed by atoms with Gasteiger partial charge in [0.1, 0.15) is 0 Å². The van der Waals surface area contributed by atoms with Crippen LogP contribution in [0.5, 0.6) is 0 Å². The number of hydrogen-bond donors (Lipinski definition) is 1. The highest BCUT2D eigenvalue weighted by Gasteiger charge is 2.46. The lowest BCUT2D eigenvalue weighted by atomic mass is 9.93. The second-order valence-corrected chi connectivity index (χ2v) is 5.26. The molecule has 2 nitrogen and oxygen atoms in total. The quantitative estimate of drug-likeness (QED) is 0.807. The van der Waals surface area contributed by atoms with Crippen molar-refractivity contribution < 1.29 is 0 Å². The van der Waals surface area contributed by atoms with Crippen molar-refractivity contribution in [2.75, 3.05) is 6.54 Å². The van der Waals surface area contributed by atoms with E-state index in [2.05, 4.69) is 24.1 Å². The van der Waals surface area contributed by atoms with E-state index >= 15 is 0 Å². The molecule has 1 unspecified atom stereocenters. The second kappa shape index (κ2) is 3.99. The standard InChI is InChI=1S/C11H18N2S/c1-3-13-9(2)11(4-5-11)6-10-7-12-8-14-10/h7-9,13H,3-6H2,1-2H3. The SMILES string of the molecule is CCNC(C)C1(Cc2cncs2)CC1. The van der Waals surface area contributed by atoms with Crippen LogP contribution in [0.15, 0.2) is 11.7 Å².